The molecule has 17 heavy (non-hydrogen) atoms. The SMILES string of the molecule is CNCc1cc(Br)ccc1OCc1nccs1. The second kappa shape index (κ2) is 6.14. The molecule has 0 aliphatic carbocycles. The Hall–Kier alpha value is -0.910. The largest absolute Gasteiger partial charge is 0.486 e. The first-order valence-electron chi connectivity index (χ1n) is 5.24. The maximum absolute atomic E-state index is 5.78. The van der Waals surface area contributed by atoms with Crippen molar-refractivity contribution in [2.75, 3.05) is 7.05 Å². The molecule has 90 valence electrons. The van der Waals surface area contributed by atoms with Gasteiger partial charge in [0.05, 0.1) is 0 Å². The third-order valence-corrected chi connectivity index (χ3v) is 3.47. The standard InChI is InChI=1S/C12H13BrN2OS/c1-14-7-9-6-10(13)2-3-11(9)16-8-12-15-4-5-17-12/h2-6,14H,7-8H2,1H3. The summed E-state index contributed by atoms with van der Waals surface area (Å²) in [5.74, 6) is 0.901. The van der Waals surface area contributed by atoms with Crippen molar-refractivity contribution >= 4 is 27.3 Å². The monoisotopic (exact) mass is 312 g/mol. The molecule has 0 radical (unpaired) electrons. The summed E-state index contributed by atoms with van der Waals surface area (Å²) in [5.41, 5.74) is 1.14. The highest BCUT2D eigenvalue weighted by Crippen LogP contribution is 2.24. The highest BCUT2D eigenvalue weighted by Gasteiger charge is 2.05. The fourth-order valence-corrected chi connectivity index (χ4v) is 2.42. The minimum Gasteiger partial charge on any atom is -0.486 e. The first kappa shape index (κ1) is 12.5. The van der Waals surface area contributed by atoms with Crippen LogP contribution in [0.25, 0.3) is 0 Å². The van der Waals surface area contributed by atoms with Crippen LogP contribution in [-0.4, -0.2) is 12.0 Å². The van der Waals surface area contributed by atoms with Crippen molar-refractivity contribution in [2.24, 2.45) is 0 Å². The molecule has 2 aromatic rings. The predicted molar refractivity (Wildman–Crippen MR) is 73.4 cm³/mol. The fourth-order valence-electron chi connectivity index (χ4n) is 1.48. The third kappa shape index (κ3) is 3.52. The lowest BCUT2D eigenvalue weighted by molar-refractivity contribution is 0.301. The van der Waals surface area contributed by atoms with Crippen LogP contribution in [0, 0.1) is 0 Å². The maximum Gasteiger partial charge on any atom is 0.140 e. The quantitative estimate of drug-likeness (QED) is 0.920. The minimum atomic E-state index is 0.524. The van der Waals surface area contributed by atoms with Gasteiger partial charge in [-0.15, -0.1) is 11.3 Å². The number of thiazole rings is 1. The van der Waals surface area contributed by atoms with E-state index in [0.717, 1.165) is 27.3 Å². The van der Waals surface area contributed by atoms with E-state index in [1.54, 1.807) is 17.5 Å². The molecule has 0 aliphatic heterocycles. The zero-order valence-corrected chi connectivity index (χ0v) is 11.8. The van der Waals surface area contributed by atoms with Gasteiger partial charge >= 0.3 is 0 Å². The van der Waals surface area contributed by atoms with Gasteiger partial charge in [0, 0.05) is 28.2 Å². The van der Waals surface area contributed by atoms with Gasteiger partial charge < -0.3 is 10.1 Å². The van der Waals surface area contributed by atoms with Crippen molar-refractivity contribution in [3.63, 3.8) is 0 Å². The van der Waals surface area contributed by atoms with Gasteiger partial charge in [-0.3, -0.25) is 0 Å². The van der Waals surface area contributed by atoms with Crippen molar-refractivity contribution in [3.05, 3.63) is 44.8 Å². The minimum absolute atomic E-state index is 0.524. The molecule has 1 aromatic carbocycles. The lowest BCUT2D eigenvalue weighted by Crippen LogP contribution is -2.07. The summed E-state index contributed by atoms with van der Waals surface area (Å²) in [6, 6.07) is 6.02. The van der Waals surface area contributed by atoms with Crippen LogP contribution < -0.4 is 10.1 Å². The normalized spacial score (nSPS) is 10.5. The summed E-state index contributed by atoms with van der Waals surface area (Å²) < 4.78 is 6.84. The van der Waals surface area contributed by atoms with Crippen LogP contribution in [0.1, 0.15) is 10.6 Å². The molecular weight excluding hydrogens is 300 g/mol. The summed E-state index contributed by atoms with van der Waals surface area (Å²) in [6.07, 6.45) is 1.79. The van der Waals surface area contributed by atoms with Crippen LogP contribution >= 0.6 is 27.3 Å². The van der Waals surface area contributed by atoms with E-state index in [1.807, 2.05) is 24.6 Å². The molecule has 0 saturated heterocycles. The van der Waals surface area contributed by atoms with Gasteiger partial charge in [-0.1, -0.05) is 15.9 Å². The van der Waals surface area contributed by atoms with Crippen LogP contribution in [0.5, 0.6) is 5.75 Å². The van der Waals surface area contributed by atoms with Crippen LogP contribution in [0.15, 0.2) is 34.2 Å². The highest BCUT2D eigenvalue weighted by molar-refractivity contribution is 9.10. The number of ether oxygens (including phenoxy) is 1. The number of nitrogens with one attached hydrogen (secondary N) is 1. The lowest BCUT2D eigenvalue weighted by Gasteiger charge is -2.10. The topological polar surface area (TPSA) is 34.1 Å². The fraction of sp³-hybridized carbons (Fsp3) is 0.250. The van der Waals surface area contributed by atoms with E-state index in [1.165, 1.54) is 0 Å². The van der Waals surface area contributed by atoms with E-state index in [-0.39, 0.29) is 0 Å². The third-order valence-electron chi connectivity index (χ3n) is 2.22. The average Bonchev–Trinajstić information content (AvgIpc) is 2.81. The molecule has 2 rings (SSSR count). The van der Waals surface area contributed by atoms with E-state index in [4.69, 9.17) is 4.74 Å². The second-order valence-corrected chi connectivity index (χ2v) is 5.39. The zero-order chi connectivity index (χ0) is 12.1. The number of hydrogen-bond acceptors (Lipinski definition) is 4. The summed E-state index contributed by atoms with van der Waals surface area (Å²) in [6.45, 7) is 1.31. The Balaban J connectivity index is 2.08. The number of aromatic nitrogens is 1. The molecule has 1 aromatic heterocycles. The molecule has 0 saturated carbocycles. The zero-order valence-electron chi connectivity index (χ0n) is 9.44. The molecule has 1 heterocycles. The van der Waals surface area contributed by atoms with Gasteiger partial charge in [0.2, 0.25) is 0 Å². The first-order valence-corrected chi connectivity index (χ1v) is 6.91. The molecule has 3 nitrogen and oxygen atoms in total. The summed E-state index contributed by atoms with van der Waals surface area (Å²) in [7, 11) is 1.92. The van der Waals surface area contributed by atoms with Gasteiger partial charge in [-0.05, 0) is 25.2 Å². The Morgan fingerprint density at radius 2 is 2.35 bits per heavy atom. The summed E-state index contributed by atoms with van der Waals surface area (Å²) in [5, 5.41) is 6.07. The van der Waals surface area contributed by atoms with Gasteiger partial charge in [-0.25, -0.2) is 4.98 Å². The first-order chi connectivity index (χ1) is 8.29. The number of nitrogens with zero attached hydrogens (tertiary/aromatic N) is 1. The van der Waals surface area contributed by atoms with Crippen LogP contribution in [0.3, 0.4) is 0 Å². The number of hydrogen-bond donors (Lipinski definition) is 1. The van der Waals surface area contributed by atoms with Crippen LogP contribution in [-0.2, 0) is 13.2 Å². The Kier molecular flexibility index (Phi) is 4.53. The molecule has 1 N–H and O–H groups in total. The maximum atomic E-state index is 5.78. The molecule has 0 aliphatic rings. The highest BCUT2D eigenvalue weighted by atomic mass is 79.9. The summed E-state index contributed by atoms with van der Waals surface area (Å²) >= 11 is 5.07. The number of rotatable bonds is 5. The van der Waals surface area contributed by atoms with Gasteiger partial charge in [0.25, 0.3) is 0 Å². The molecule has 5 heteroatoms. The molecule has 0 amide bonds. The predicted octanol–water partition coefficient (Wildman–Crippen LogP) is 3.20. The summed E-state index contributed by atoms with van der Waals surface area (Å²) in [4.78, 5) is 4.19. The number of halogens is 1. The van der Waals surface area contributed by atoms with E-state index >= 15 is 0 Å². The Morgan fingerprint density at radius 3 is 3.06 bits per heavy atom. The van der Waals surface area contributed by atoms with Crippen LogP contribution in [0.4, 0.5) is 0 Å². The number of benzene rings is 1. The lowest BCUT2D eigenvalue weighted by atomic mass is 10.2. The van der Waals surface area contributed by atoms with E-state index in [2.05, 4.69) is 32.3 Å². The molecule has 0 unspecified atom stereocenters. The molecule has 0 atom stereocenters. The van der Waals surface area contributed by atoms with Crippen molar-refractivity contribution < 1.29 is 4.74 Å². The Labute approximate surface area is 113 Å². The van der Waals surface area contributed by atoms with E-state index in [0.29, 0.717) is 6.61 Å². The molecule has 0 fully saturated rings. The smallest absolute Gasteiger partial charge is 0.140 e. The van der Waals surface area contributed by atoms with Crippen molar-refractivity contribution in [1.29, 1.82) is 0 Å². The average molecular weight is 313 g/mol. The van der Waals surface area contributed by atoms with Gasteiger partial charge in [0.15, 0.2) is 0 Å². The molecular formula is C12H13BrN2OS. The van der Waals surface area contributed by atoms with Crippen LogP contribution in [0.2, 0.25) is 0 Å². The second-order valence-electron chi connectivity index (χ2n) is 3.50. The molecule has 0 bridgehead atoms. The van der Waals surface area contributed by atoms with E-state index < -0.39 is 0 Å². The van der Waals surface area contributed by atoms with Gasteiger partial charge in [0.1, 0.15) is 17.4 Å². The van der Waals surface area contributed by atoms with Crippen molar-refractivity contribution in [1.82, 2.24) is 10.3 Å². The Morgan fingerprint density at radius 1 is 1.47 bits per heavy atom. The van der Waals surface area contributed by atoms with Gasteiger partial charge in [-0.2, -0.15) is 0 Å². The van der Waals surface area contributed by atoms with E-state index in [9.17, 15) is 0 Å². The Bertz CT molecular complexity index is 473. The van der Waals surface area contributed by atoms with Crippen molar-refractivity contribution in [2.45, 2.75) is 13.2 Å². The molecule has 0 spiro atoms. The van der Waals surface area contributed by atoms with Crippen molar-refractivity contribution in [3.8, 4) is 5.75 Å².